The van der Waals surface area contributed by atoms with Crippen LogP contribution in [0.4, 0.5) is 0 Å². The Morgan fingerprint density at radius 2 is 2.33 bits per heavy atom. The van der Waals surface area contributed by atoms with E-state index in [-0.39, 0.29) is 18.6 Å². The predicted octanol–water partition coefficient (Wildman–Crippen LogP) is 1.18. The third-order valence-corrected chi connectivity index (χ3v) is 3.78. The zero-order valence-corrected chi connectivity index (χ0v) is 11.3. The molecule has 5 heteroatoms. The van der Waals surface area contributed by atoms with Crippen molar-refractivity contribution < 1.29 is 9.53 Å². The average Bonchev–Trinajstić information content (AvgIpc) is 2.91. The van der Waals surface area contributed by atoms with Gasteiger partial charge in [-0.15, -0.1) is 0 Å². The molecule has 0 radical (unpaired) electrons. The molecule has 1 aromatic rings. The van der Waals surface area contributed by atoms with Crippen LogP contribution in [-0.2, 0) is 16.0 Å². The Kier molecular flexibility index (Phi) is 5.64. The molecule has 2 N–H and O–H groups in total. The number of amides is 1. The van der Waals surface area contributed by atoms with Crippen molar-refractivity contribution in [3.8, 4) is 0 Å². The lowest BCUT2D eigenvalue weighted by molar-refractivity contribution is -0.128. The van der Waals surface area contributed by atoms with E-state index in [4.69, 9.17) is 4.74 Å². The number of piperidine rings is 1. The zero-order chi connectivity index (χ0) is 12.6. The first-order chi connectivity index (χ1) is 8.84. The molecule has 100 valence electrons. The Labute approximate surface area is 112 Å². The minimum Gasteiger partial charge on any atom is -0.368 e. The maximum Gasteiger partial charge on any atom is 0.246 e. The molecule has 1 aliphatic heterocycles. The number of carbonyl (C=O) groups is 1. The molecule has 4 nitrogen and oxygen atoms in total. The van der Waals surface area contributed by atoms with Crippen LogP contribution in [0.15, 0.2) is 16.8 Å². The molecule has 2 rings (SSSR count). The molecule has 1 fully saturated rings. The van der Waals surface area contributed by atoms with Gasteiger partial charge in [-0.05, 0) is 54.7 Å². The van der Waals surface area contributed by atoms with Gasteiger partial charge in [-0.3, -0.25) is 4.79 Å². The maximum atomic E-state index is 11.6. The summed E-state index contributed by atoms with van der Waals surface area (Å²) in [6.07, 6.45) is 3.14. The van der Waals surface area contributed by atoms with Crippen molar-refractivity contribution in [1.29, 1.82) is 0 Å². The molecule has 0 bridgehead atoms. The normalized spacial score (nSPS) is 16.7. The summed E-state index contributed by atoms with van der Waals surface area (Å²) in [6.45, 7) is 2.86. The molecule has 1 aliphatic rings. The molecule has 0 spiro atoms. The van der Waals surface area contributed by atoms with E-state index < -0.39 is 0 Å². The Morgan fingerprint density at radius 3 is 3.06 bits per heavy atom. The van der Waals surface area contributed by atoms with Crippen LogP contribution < -0.4 is 10.6 Å². The van der Waals surface area contributed by atoms with Gasteiger partial charge in [-0.25, -0.2) is 0 Å². The van der Waals surface area contributed by atoms with Crippen LogP contribution in [0.25, 0.3) is 0 Å². The molecule has 1 amide bonds. The smallest absolute Gasteiger partial charge is 0.246 e. The number of hydrogen-bond donors (Lipinski definition) is 2. The lowest BCUT2D eigenvalue weighted by Crippen LogP contribution is -2.36. The predicted molar refractivity (Wildman–Crippen MR) is 72.9 cm³/mol. The van der Waals surface area contributed by atoms with Gasteiger partial charge in [-0.1, -0.05) is 0 Å². The highest BCUT2D eigenvalue weighted by atomic mass is 32.1. The second-order valence-corrected chi connectivity index (χ2v) is 5.27. The Bertz CT molecular complexity index is 348. The number of rotatable bonds is 6. The summed E-state index contributed by atoms with van der Waals surface area (Å²) in [5.74, 6) is -0.0104. The molecule has 0 saturated carbocycles. The van der Waals surface area contributed by atoms with Crippen LogP contribution in [0.2, 0.25) is 0 Å². The van der Waals surface area contributed by atoms with Crippen molar-refractivity contribution in [3.63, 3.8) is 0 Å². The molecule has 0 aromatic carbocycles. The average molecular weight is 268 g/mol. The van der Waals surface area contributed by atoms with Gasteiger partial charge >= 0.3 is 0 Å². The van der Waals surface area contributed by atoms with E-state index >= 15 is 0 Å². The molecule has 1 saturated heterocycles. The molecule has 1 aromatic heterocycles. The minimum atomic E-state index is -0.0104. The van der Waals surface area contributed by atoms with Crippen LogP contribution in [0.1, 0.15) is 18.4 Å². The van der Waals surface area contributed by atoms with Gasteiger partial charge < -0.3 is 15.4 Å². The monoisotopic (exact) mass is 268 g/mol. The maximum absolute atomic E-state index is 11.6. The highest BCUT2D eigenvalue weighted by Gasteiger charge is 2.14. The number of thiophene rings is 1. The first kappa shape index (κ1) is 13.5. The van der Waals surface area contributed by atoms with E-state index in [2.05, 4.69) is 27.5 Å². The largest absolute Gasteiger partial charge is 0.368 e. The summed E-state index contributed by atoms with van der Waals surface area (Å²) in [7, 11) is 0. The van der Waals surface area contributed by atoms with Crippen LogP contribution in [0.3, 0.4) is 0 Å². The van der Waals surface area contributed by atoms with Gasteiger partial charge in [-0.2, -0.15) is 11.3 Å². The highest BCUT2D eigenvalue weighted by molar-refractivity contribution is 7.07. The first-order valence-corrected chi connectivity index (χ1v) is 7.39. The third kappa shape index (κ3) is 4.76. The van der Waals surface area contributed by atoms with Gasteiger partial charge in [0.2, 0.25) is 5.91 Å². The fourth-order valence-corrected chi connectivity index (χ4v) is 2.69. The third-order valence-electron chi connectivity index (χ3n) is 3.05. The summed E-state index contributed by atoms with van der Waals surface area (Å²) >= 11 is 1.68. The number of ether oxygens (including phenoxy) is 1. The number of carbonyl (C=O) groups excluding carboxylic acids is 1. The Hall–Kier alpha value is -0.910. The second kappa shape index (κ2) is 7.51. The fourth-order valence-electron chi connectivity index (χ4n) is 1.99. The summed E-state index contributed by atoms with van der Waals surface area (Å²) in [6, 6.07) is 2.09. The zero-order valence-electron chi connectivity index (χ0n) is 10.5. The van der Waals surface area contributed by atoms with E-state index in [1.165, 1.54) is 5.56 Å². The molecular formula is C13H20N2O2S. The summed E-state index contributed by atoms with van der Waals surface area (Å²) < 4.78 is 5.58. The highest BCUT2D eigenvalue weighted by Crippen LogP contribution is 2.07. The van der Waals surface area contributed by atoms with E-state index in [1.54, 1.807) is 11.3 Å². The van der Waals surface area contributed by atoms with Gasteiger partial charge in [0.1, 0.15) is 6.61 Å². The van der Waals surface area contributed by atoms with Gasteiger partial charge in [0.25, 0.3) is 0 Å². The van der Waals surface area contributed by atoms with Crippen molar-refractivity contribution in [2.45, 2.75) is 25.4 Å². The number of hydrogen-bond acceptors (Lipinski definition) is 4. The van der Waals surface area contributed by atoms with Crippen LogP contribution >= 0.6 is 11.3 Å². The molecule has 18 heavy (non-hydrogen) atoms. The van der Waals surface area contributed by atoms with Gasteiger partial charge in [0.05, 0.1) is 6.10 Å². The van der Waals surface area contributed by atoms with Gasteiger partial charge in [0, 0.05) is 6.54 Å². The van der Waals surface area contributed by atoms with Crippen molar-refractivity contribution in [1.82, 2.24) is 10.6 Å². The fraction of sp³-hybridized carbons (Fsp3) is 0.615. The van der Waals surface area contributed by atoms with E-state index in [1.807, 2.05) is 0 Å². The number of nitrogens with one attached hydrogen (secondary N) is 2. The molecular weight excluding hydrogens is 248 g/mol. The molecule has 2 heterocycles. The summed E-state index contributed by atoms with van der Waals surface area (Å²) in [5, 5.41) is 10.3. The van der Waals surface area contributed by atoms with Crippen molar-refractivity contribution in [2.24, 2.45) is 0 Å². The van der Waals surface area contributed by atoms with Crippen molar-refractivity contribution in [2.75, 3.05) is 26.2 Å². The van der Waals surface area contributed by atoms with E-state index in [0.29, 0.717) is 6.54 Å². The van der Waals surface area contributed by atoms with Gasteiger partial charge in [0.15, 0.2) is 0 Å². The first-order valence-electron chi connectivity index (χ1n) is 6.44. The quantitative estimate of drug-likeness (QED) is 0.814. The molecule has 0 unspecified atom stereocenters. The summed E-state index contributed by atoms with van der Waals surface area (Å²) in [4.78, 5) is 11.6. The van der Waals surface area contributed by atoms with E-state index in [9.17, 15) is 4.79 Å². The topological polar surface area (TPSA) is 50.4 Å². The lowest BCUT2D eigenvalue weighted by atomic mass is 10.1. The Balaban J connectivity index is 1.54. The van der Waals surface area contributed by atoms with Crippen LogP contribution in [-0.4, -0.2) is 38.3 Å². The van der Waals surface area contributed by atoms with Crippen LogP contribution in [0, 0.1) is 0 Å². The van der Waals surface area contributed by atoms with Crippen LogP contribution in [0.5, 0.6) is 0 Å². The lowest BCUT2D eigenvalue weighted by Gasteiger charge is -2.22. The Morgan fingerprint density at radius 1 is 1.50 bits per heavy atom. The SMILES string of the molecule is O=C(COC1CCNCC1)NCCc1ccsc1. The van der Waals surface area contributed by atoms with Crippen molar-refractivity contribution in [3.05, 3.63) is 22.4 Å². The molecule has 0 aliphatic carbocycles. The van der Waals surface area contributed by atoms with E-state index in [0.717, 1.165) is 32.4 Å². The minimum absolute atomic E-state index is 0.0104. The summed E-state index contributed by atoms with van der Waals surface area (Å²) in [5.41, 5.74) is 1.28. The molecule has 0 atom stereocenters. The van der Waals surface area contributed by atoms with Crippen molar-refractivity contribution >= 4 is 17.2 Å². The second-order valence-electron chi connectivity index (χ2n) is 4.49. The standard InChI is InChI=1S/C13H20N2O2S/c16-13(9-17-12-2-5-14-6-3-12)15-7-1-11-4-8-18-10-11/h4,8,10,12,14H,1-3,5-7,9H2,(H,15,16).